The number of para-hydroxylation sites is 2. The van der Waals surface area contributed by atoms with Crippen LogP contribution in [0.4, 0.5) is 5.95 Å². The Morgan fingerprint density at radius 1 is 1.23 bits per heavy atom. The topological polar surface area (TPSA) is 76.4 Å². The van der Waals surface area contributed by atoms with E-state index >= 15 is 0 Å². The van der Waals surface area contributed by atoms with Crippen LogP contribution >= 0.6 is 0 Å². The zero-order valence-electron chi connectivity index (χ0n) is 14.5. The molecule has 138 valence electrons. The van der Waals surface area contributed by atoms with E-state index in [1.807, 2.05) is 34.9 Å². The van der Waals surface area contributed by atoms with E-state index in [0.717, 1.165) is 11.0 Å². The number of aliphatic hydroxyl groups is 1. The van der Waals surface area contributed by atoms with Crippen molar-refractivity contribution in [2.75, 3.05) is 25.6 Å². The van der Waals surface area contributed by atoms with Crippen molar-refractivity contribution >= 4 is 22.8 Å². The third kappa shape index (κ3) is 4.42. The first-order valence-electron chi connectivity index (χ1n) is 8.20. The van der Waals surface area contributed by atoms with Crippen molar-refractivity contribution in [2.45, 2.75) is 13.0 Å². The number of ether oxygens (including phenoxy) is 1. The van der Waals surface area contributed by atoms with Crippen molar-refractivity contribution in [3.05, 3.63) is 54.1 Å². The molecule has 1 heterocycles. The predicted octanol–water partition coefficient (Wildman–Crippen LogP) is -0.274. The van der Waals surface area contributed by atoms with Gasteiger partial charge in [0.1, 0.15) is 5.75 Å². The number of fused-ring (bicyclic) bond motifs is 1. The molecule has 6 nitrogen and oxygen atoms in total. The van der Waals surface area contributed by atoms with Gasteiger partial charge in [-0.05, 0) is 30.7 Å². The average Bonchev–Trinajstić information content (AvgIpc) is 2.99. The van der Waals surface area contributed by atoms with E-state index in [1.165, 1.54) is 0 Å². The van der Waals surface area contributed by atoms with Crippen LogP contribution in [-0.4, -0.2) is 40.7 Å². The first kappa shape index (κ1) is 19.9. The fourth-order valence-corrected chi connectivity index (χ4v) is 2.68. The highest BCUT2D eigenvalue weighted by Crippen LogP contribution is 2.21. The molecule has 0 amide bonds. The Kier molecular flexibility index (Phi) is 7.17. The van der Waals surface area contributed by atoms with Crippen LogP contribution in [-0.2, 0) is 6.54 Å². The third-order valence-electron chi connectivity index (χ3n) is 3.97. The first-order chi connectivity index (χ1) is 12.2. The molecule has 0 spiro atoms. The smallest absolute Gasteiger partial charge is 0.204 e. The van der Waals surface area contributed by atoms with Gasteiger partial charge in [-0.25, -0.2) is 4.98 Å². The second-order valence-electron chi connectivity index (χ2n) is 5.67. The van der Waals surface area contributed by atoms with E-state index in [0.29, 0.717) is 30.2 Å². The maximum atomic E-state index is 12.7. The number of carbonyl (C=O) groups is 1. The first-order valence-corrected chi connectivity index (χ1v) is 8.20. The number of carbonyl (C=O) groups excluding carboxylic acids is 1. The molecule has 0 aliphatic rings. The third-order valence-corrected chi connectivity index (χ3v) is 3.97. The van der Waals surface area contributed by atoms with Gasteiger partial charge in [-0.2, -0.15) is 0 Å². The Morgan fingerprint density at radius 2 is 2.04 bits per heavy atom. The van der Waals surface area contributed by atoms with E-state index < -0.39 is 0 Å². The minimum atomic E-state index is -0.0211. The summed E-state index contributed by atoms with van der Waals surface area (Å²) in [6, 6.07) is 14.8. The lowest BCUT2D eigenvalue weighted by molar-refractivity contribution is -0.0000143. The predicted molar refractivity (Wildman–Crippen MR) is 97.3 cm³/mol. The molecule has 3 rings (SSSR count). The number of Topliss-reactive ketones (excluding diaryl/α,β-unsaturated/α-hetero) is 1. The molecule has 0 aliphatic heterocycles. The molecule has 26 heavy (non-hydrogen) atoms. The number of rotatable bonds is 8. The molecular weight excluding hydrogens is 398 g/mol. The molecule has 2 aromatic carbocycles. The normalized spacial score (nSPS) is 10.4. The van der Waals surface area contributed by atoms with Crippen molar-refractivity contribution in [1.82, 2.24) is 9.55 Å². The lowest BCUT2D eigenvalue weighted by atomic mass is 10.1. The number of nitrogens with zero attached hydrogens (tertiary/aromatic N) is 2. The van der Waals surface area contributed by atoms with Crippen molar-refractivity contribution in [1.29, 1.82) is 0 Å². The molecule has 0 saturated heterocycles. The Balaban J connectivity index is 0.00000243. The Hall–Kier alpha value is -2.38. The summed E-state index contributed by atoms with van der Waals surface area (Å²) in [5, 5.41) is 12.2. The van der Waals surface area contributed by atoms with E-state index in [4.69, 9.17) is 9.84 Å². The van der Waals surface area contributed by atoms with Gasteiger partial charge >= 0.3 is 0 Å². The van der Waals surface area contributed by atoms with Crippen LogP contribution in [0.3, 0.4) is 0 Å². The monoisotopic (exact) mass is 418 g/mol. The largest absolute Gasteiger partial charge is 1.00 e. The molecule has 0 unspecified atom stereocenters. The average molecular weight is 419 g/mol. The lowest BCUT2D eigenvalue weighted by Gasteiger charge is -2.10. The van der Waals surface area contributed by atoms with E-state index in [1.54, 1.807) is 25.3 Å². The molecule has 0 radical (unpaired) electrons. The van der Waals surface area contributed by atoms with Gasteiger partial charge in [0.15, 0.2) is 5.78 Å². The van der Waals surface area contributed by atoms with Gasteiger partial charge in [-0.1, -0.05) is 24.3 Å². The number of methoxy groups -OCH3 is 1. The fraction of sp³-hybridized carbons (Fsp3) is 0.263. The van der Waals surface area contributed by atoms with Gasteiger partial charge in [0.05, 0.1) is 24.7 Å². The van der Waals surface area contributed by atoms with Gasteiger partial charge in [0.2, 0.25) is 5.95 Å². The van der Waals surface area contributed by atoms with E-state index in [9.17, 15) is 4.79 Å². The highest BCUT2D eigenvalue weighted by Gasteiger charge is 2.15. The van der Waals surface area contributed by atoms with Gasteiger partial charge in [0, 0.05) is 18.7 Å². The van der Waals surface area contributed by atoms with Crippen molar-refractivity contribution in [2.24, 2.45) is 0 Å². The van der Waals surface area contributed by atoms with Crippen molar-refractivity contribution in [3.8, 4) is 5.75 Å². The number of anilines is 1. The molecule has 0 aliphatic carbocycles. The number of ketones is 1. The molecule has 1 aromatic heterocycles. The van der Waals surface area contributed by atoms with E-state index in [-0.39, 0.29) is 35.9 Å². The lowest BCUT2D eigenvalue weighted by Crippen LogP contribution is -3.00. The summed E-state index contributed by atoms with van der Waals surface area (Å²) in [4.78, 5) is 17.3. The number of halogens is 1. The summed E-state index contributed by atoms with van der Waals surface area (Å²) >= 11 is 0. The minimum absolute atomic E-state index is 0. The summed E-state index contributed by atoms with van der Waals surface area (Å²) in [6.45, 7) is 0.873. The van der Waals surface area contributed by atoms with Crippen LogP contribution in [0.15, 0.2) is 48.5 Å². The highest BCUT2D eigenvalue weighted by atomic mass is 79.9. The number of hydrogen-bond donors (Lipinski definition) is 2. The number of benzene rings is 2. The Morgan fingerprint density at radius 3 is 2.81 bits per heavy atom. The van der Waals surface area contributed by atoms with E-state index in [2.05, 4.69) is 10.3 Å². The summed E-state index contributed by atoms with van der Waals surface area (Å²) in [6.07, 6.45) is 0.618. The Bertz CT molecular complexity index is 879. The van der Waals surface area contributed by atoms with Crippen LogP contribution in [0, 0.1) is 0 Å². The molecule has 0 fully saturated rings. The van der Waals surface area contributed by atoms with Crippen LogP contribution in [0.5, 0.6) is 5.75 Å². The second kappa shape index (κ2) is 9.35. The fourth-order valence-electron chi connectivity index (χ4n) is 2.68. The van der Waals surface area contributed by atoms with Gasteiger partial charge < -0.3 is 36.7 Å². The van der Waals surface area contributed by atoms with Gasteiger partial charge in [0.25, 0.3) is 0 Å². The molecular formula is C19H21BrN3O3-. The number of aromatic nitrogens is 2. The maximum absolute atomic E-state index is 12.7. The van der Waals surface area contributed by atoms with Crippen molar-refractivity contribution < 1.29 is 31.6 Å². The summed E-state index contributed by atoms with van der Waals surface area (Å²) in [5.74, 6) is 1.26. The van der Waals surface area contributed by atoms with Gasteiger partial charge in [-0.3, -0.25) is 4.79 Å². The molecule has 0 atom stereocenters. The zero-order chi connectivity index (χ0) is 17.6. The van der Waals surface area contributed by atoms with Crippen LogP contribution in [0.2, 0.25) is 0 Å². The zero-order valence-corrected chi connectivity index (χ0v) is 16.1. The quantitative estimate of drug-likeness (QED) is 0.388. The number of hydrogen-bond acceptors (Lipinski definition) is 5. The molecule has 0 saturated carbocycles. The van der Waals surface area contributed by atoms with Crippen LogP contribution in [0.25, 0.3) is 11.0 Å². The maximum Gasteiger partial charge on any atom is 0.204 e. The van der Waals surface area contributed by atoms with Crippen LogP contribution in [0.1, 0.15) is 16.8 Å². The SMILES string of the molecule is COc1cccc(C(=O)Cn2c(NCCCO)nc3ccccc32)c1.[Br-]. The molecule has 2 N–H and O–H groups in total. The molecule has 7 heteroatoms. The van der Waals surface area contributed by atoms with Crippen molar-refractivity contribution in [3.63, 3.8) is 0 Å². The van der Waals surface area contributed by atoms with Crippen LogP contribution < -0.4 is 27.0 Å². The number of imidazole rings is 1. The highest BCUT2D eigenvalue weighted by molar-refractivity contribution is 5.97. The Labute approximate surface area is 162 Å². The minimum Gasteiger partial charge on any atom is -1.00 e. The summed E-state index contributed by atoms with van der Waals surface area (Å²) < 4.78 is 7.06. The summed E-state index contributed by atoms with van der Waals surface area (Å²) in [7, 11) is 1.58. The molecule has 3 aromatic rings. The second-order valence-corrected chi connectivity index (χ2v) is 5.67. The van der Waals surface area contributed by atoms with Gasteiger partial charge in [-0.15, -0.1) is 0 Å². The standard InChI is InChI=1S/C19H21N3O3.BrH/c1-25-15-7-4-6-14(12-15)18(24)13-22-17-9-3-2-8-16(17)21-19(22)20-10-5-11-23;/h2-4,6-9,12,23H,5,10-11,13H2,1H3,(H,20,21);1H/p-1. The number of nitrogens with one attached hydrogen (secondary N) is 1. The molecule has 0 bridgehead atoms. The summed E-state index contributed by atoms with van der Waals surface area (Å²) in [5.41, 5.74) is 2.32. The number of aliphatic hydroxyl groups excluding tert-OH is 1.